The van der Waals surface area contributed by atoms with Gasteiger partial charge in [0, 0.05) is 5.69 Å². The minimum Gasteiger partial charge on any atom is -0.508 e. The molecule has 6 heteroatoms. The van der Waals surface area contributed by atoms with Crippen LogP contribution in [0.4, 0.5) is 5.69 Å². The van der Waals surface area contributed by atoms with Crippen LogP contribution in [0.1, 0.15) is 12.0 Å². The van der Waals surface area contributed by atoms with Crippen molar-refractivity contribution < 1.29 is 14.7 Å². The van der Waals surface area contributed by atoms with Crippen molar-refractivity contribution in [2.45, 2.75) is 19.4 Å². The highest BCUT2D eigenvalue weighted by molar-refractivity contribution is 5.99. The molecule has 2 rings (SSSR count). The van der Waals surface area contributed by atoms with Crippen molar-refractivity contribution >= 4 is 17.5 Å². The molecular formula is C11H13N3O3. The Labute approximate surface area is 98.0 Å². The summed E-state index contributed by atoms with van der Waals surface area (Å²) < 4.78 is 0. The molecule has 0 spiro atoms. The van der Waals surface area contributed by atoms with Gasteiger partial charge in [0.05, 0.1) is 6.42 Å². The molecule has 0 aliphatic carbocycles. The first kappa shape index (κ1) is 11.4. The van der Waals surface area contributed by atoms with E-state index in [-0.39, 0.29) is 24.0 Å². The smallest absolute Gasteiger partial charge is 0.243 e. The third-order valence-corrected chi connectivity index (χ3v) is 2.56. The van der Waals surface area contributed by atoms with Crippen molar-refractivity contribution in [1.29, 1.82) is 0 Å². The molecule has 1 aromatic carbocycles. The Bertz CT molecular complexity index is 473. The lowest BCUT2D eigenvalue weighted by atomic mass is 10.1. The molecule has 1 atom stereocenters. The summed E-state index contributed by atoms with van der Waals surface area (Å²) in [5, 5.41) is 11.9. The van der Waals surface area contributed by atoms with Gasteiger partial charge in [0.1, 0.15) is 11.8 Å². The van der Waals surface area contributed by atoms with E-state index in [1.54, 1.807) is 19.1 Å². The lowest BCUT2D eigenvalue weighted by Gasteiger charge is -2.11. The molecule has 4 N–H and O–H groups in total. The zero-order valence-corrected chi connectivity index (χ0v) is 9.28. The van der Waals surface area contributed by atoms with Crippen LogP contribution in [0.5, 0.6) is 5.75 Å². The van der Waals surface area contributed by atoms with E-state index in [9.17, 15) is 14.7 Å². The highest BCUT2D eigenvalue weighted by Crippen LogP contribution is 2.20. The van der Waals surface area contributed by atoms with E-state index >= 15 is 0 Å². The minimum atomic E-state index is -0.560. The number of amides is 2. The number of rotatable bonds is 2. The second kappa shape index (κ2) is 4.42. The van der Waals surface area contributed by atoms with Crippen molar-refractivity contribution in [3.05, 3.63) is 23.8 Å². The van der Waals surface area contributed by atoms with Crippen LogP contribution in [-0.4, -0.2) is 23.0 Å². The fourth-order valence-electron chi connectivity index (χ4n) is 1.62. The van der Waals surface area contributed by atoms with Gasteiger partial charge in [-0.1, -0.05) is 0 Å². The molecule has 1 fully saturated rings. The van der Waals surface area contributed by atoms with Gasteiger partial charge in [-0.25, -0.2) is 5.43 Å². The molecule has 1 aliphatic heterocycles. The molecule has 1 unspecified atom stereocenters. The predicted octanol–water partition coefficient (Wildman–Crippen LogP) is 0.0322. The van der Waals surface area contributed by atoms with E-state index in [0.29, 0.717) is 5.69 Å². The molecule has 1 saturated heterocycles. The first-order chi connectivity index (χ1) is 8.06. The first-order valence-electron chi connectivity index (χ1n) is 5.21. The fourth-order valence-corrected chi connectivity index (χ4v) is 1.62. The van der Waals surface area contributed by atoms with Crippen LogP contribution in [0.15, 0.2) is 18.2 Å². The average Bonchev–Trinajstić information content (AvgIpc) is 2.69. The zero-order chi connectivity index (χ0) is 12.4. The third kappa shape index (κ3) is 2.54. The quantitative estimate of drug-likeness (QED) is 0.544. The van der Waals surface area contributed by atoms with Crippen molar-refractivity contribution in [3.8, 4) is 5.75 Å². The van der Waals surface area contributed by atoms with E-state index in [2.05, 4.69) is 16.2 Å². The van der Waals surface area contributed by atoms with Gasteiger partial charge in [0.2, 0.25) is 11.8 Å². The average molecular weight is 235 g/mol. The zero-order valence-electron chi connectivity index (χ0n) is 9.28. The monoisotopic (exact) mass is 235 g/mol. The van der Waals surface area contributed by atoms with Crippen LogP contribution in [0.2, 0.25) is 0 Å². The van der Waals surface area contributed by atoms with Crippen molar-refractivity contribution in [2.24, 2.45) is 0 Å². The predicted molar refractivity (Wildman–Crippen MR) is 61.2 cm³/mol. The number of benzene rings is 1. The number of phenols is 1. The molecule has 6 nitrogen and oxygen atoms in total. The van der Waals surface area contributed by atoms with E-state index in [1.165, 1.54) is 6.07 Å². The highest BCUT2D eigenvalue weighted by atomic mass is 16.3. The van der Waals surface area contributed by atoms with Crippen LogP contribution in [0.25, 0.3) is 0 Å². The number of carbonyl (C=O) groups excluding carboxylic acids is 2. The molecule has 1 aromatic rings. The first-order valence-corrected chi connectivity index (χ1v) is 5.21. The number of phenolic OH excluding ortho intramolecular Hbond substituents is 1. The lowest BCUT2D eigenvalue weighted by Crippen LogP contribution is -2.39. The topological polar surface area (TPSA) is 90.5 Å². The SMILES string of the molecule is Cc1cc(O)ccc1NC(=O)C1CC(=O)NN1. The number of carbonyl (C=O) groups is 2. The summed E-state index contributed by atoms with van der Waals surface area (Å²) in [6.07, 6.45) is 0.128. The summed E-state index contributed by atoms with van der Waals surface area (Å²) in [6, 6.07) is 4.11. The Balaban J connectivity index is 2.05. The number of nitrogens with one attached hydrogen (secondary N) is 3. The Morgan fingerprint density at radius 1 is 1.53 bits per heavy atom. The Kier molecular flexibility index (Phi) is 2.97. The number of hydrogen-bond acceptors (Lipinski definition) is 4. The normalized spacial score (nSPS) is 18.9. The number of hydrazine groups is 1. The summed E-state index contributed by atoms with van der Waals surface area (Å²) in [4.78, 5) is 22.7. The maximum atomic E-state index is 11.8. The molecule has 0 saturated carbocycles. The molecule has 0 bridgehead atoms. The second-order valence-electron chi connectivity index (χ2n) is 3.94. The number of hydrogen-bond donors (Lipinski definition) is 4. The maximum absolute atomic E-state index is 11.8. The summed E-state index contributed by atoms with van der Waals surface area (Å²) in [5.74, 6) is -0.332. The Hall–Kier alpha value is -2.08. The van der Waals surface area contributed by atoms with Gasteiger partial charge in [0.25, 0.3) is 0 Å². The molecule has 0 aromatic heterocycles. The molecular weight excluding hydrogens is 222 g/mol. The van der Waals surface area contributed by atoms with Gasteiger partial charge in [-0.05, 0) is 30.7 Å². The van der Waals surface area contributed by atoms with Gasteiger partial charge in [-0.2, -0.15) is 0 Å². The summed E-state index contributed by atoms with van der Waals surface area (Å²) in [6.45, 7) is 1.78. The van der Waals surface area contributed by atoms with Gasteiger partial charge in [0.15, 0.2) is 0 Å². The van der Waals surface area contributed by atoms with E-state index < -0.39 is 6.04 Å². The van der Waals surface area contributed by atoms with E-state index in [4.69, 9.17) is 0 Å². The van der Waals surface area contributed by atoms with E-state index in [0.717, 1.165) is 5.56 Å². The molecule has 90 valence electrons. The minimum absolute atomic E-state index is 0.128. The van der Waals surface area contributed by atoms with Crippen LogP contribution in [0, 0.1) is 6.92 Å². The second-order valence-corrected chi connectivity index (χ2v) is 3.94. The van der Waals surface area contributed by atoms with Gasteiger partial charge < -0.3 is 10.4 Å². The third-order valence-electron chi connectivity index (χ3n) is 2.56. The molecule has 1 aliphatic rings. The van der Waals surface area contributed by atoms with E-state index in [1.807, 2.05) is 0 Å². The summed E-state index contributed by atoms with van der Waals surface area (Å²) in [7, 11) is 0. The molecule has 2 amide bonds. The van der Waals surface area contributed by atoms with Crippen LogP contribution in [0.3, 0.4) is 0 Å². The van der Waals surface area contributed by atoms with Crippen LogP contribution < -0.4 is 16.2 Å². The largest absolute Gasteiger partial charge is 0.508 e. The van der Waals surface area contributed by atoms with Gasteiger partial charge in [-0.15, -0.1) is 0 Å². The summed E-state index contributed by atoms with van der Waals surface area (Å²) >= 11 is 0. The van der Waals surface area contributed by atoms with Crippen molar-refractivity contribution in [3.63, 3.8) is 0 Å². The Morgan fingerprint density at radius 3 is 2.88 bits per heavy atom. The van der Waals surface area contributed by atoms with Gasteiger partial charge >= 0.3 is 0 Å². The Morgan fingerprint density at radius 2 is 2.29 bits per heavy atom. The summed E-state index contributed by atoms with van der Waals surface area (Å²) in [5.41, 5.74) is 6.35. The number of aromatic hydroxyl groups is 1. The van der Waals surface area contributed by atoms with Crippen molar-refractivity contribution in [2.75, 3.05) is 5.32 Å². The molecule has 1 heterocycles. The van der Waals surface area contributed by atoms with Gasteiger partial charge in [-0.3, -0.25) is 15.0 Å². The highest BCUT2D eigenvalue weighted by Gasteiger charge is 2.27. The van der Waals surface area contributed by atoms with Crippen LogP contribution >= 0.6 is 0 Å². The lowest BCUT2D eigenvalue weighted by molar-refractivity contribution is -0.121. The molecule has 0 radical (unpaired) electrons. The van der Waals surface area contributed by atoms with Crippen LogP contribution in [-0.2, 0) is 9.59 Å². The standard InChI is InChI=1S/C11H13N3O3/c1-6-4-7(15)2-3-8(6)12-11(17)9-5-10(16)14-13-9/h2-4,9,13,15H,5H2,1H3,(H,12,17)(H,14,16). The number of aryl methyl sites for hydroxylation is 1. The molecule has 17 heavy (non-hydrogen) atoms. The number of anilines is 1. The van der Waals surface area contributed by atoms with Crippen molar-refractivity contribution in [1.82, 2.24) is 10.9 Å². The maximum Gasteiger partial charge on any atom is 0.243 e. The fraction of sp³-hybridized carbons (Fsp3) is 0.273.